The highest BCUT2D eigenvalue weighted by atomic mass is 16.3. The van der Waals surface area contributed by atoms with Crippen molar-refractivity contribution in [2.75, 3.05) is 19.6 Å². The first-order valence-electron chi connectivity index (χ1n) is 5.95. The molecule has 3 aliphatic rings. The van der Waals surface area contributed by atoms with Crippen molar-refractivity contribution in [1.82, 2.24) is 9.80 Å². The molecule has 2 aliphatic heterocycles. The zero-order chi connectivity index (χ0) is 10.4. The largest absolute Gasteiger partial charge is 0.391 e. The Labute approximate surface area is 89.8 Å². The van der Waals surface area contributed by atoms with E-state index in [1.165, 1.54) is 12.8 Å². The van der Waals surface area contributed by atoms with E-state index in [2.05, 4.69) is 4.90 Å². The van der Waals surface area contributed by atoms with Gasteiger partial charge in [0, 0.05) is 31.7 Å². The molecule has 1 saturated carbocycles. The fraction of sp³-hybridized carbons (Fsp3) is 0.909. The summed E-state index contributed by atoms with van der Waals surface area (Å²) in [6.45, 7) is 2.72. The summed E-state index contributed by atoms with van der Waals surface area (Å²) >= 11 is 0. The van der Waals surface area contributed by atoms with Gasteiger partial charge in [0.2, 0.25) is 5.91 Å². The number of hydrogen-bond donors (Lipinski definition) is 1. The van der Waals surface area contributed by atoms with Crippen LogP contribution in [0.1, 0.15) is 25.7 Å². The molecule has 15 heavy (non-hydrogen) atoms. The molecule has 2 atom stereocenters. The zero-order valence-corrected chi connectivity index (χ0v) is 8.93. The molecule has 1 N–H and O–H groups in total. The summed E-state index contributed by atoms with van der Waals surface area (Å²) in [4.78, 5) is 16.0. The minimum absolute atomic E-state index is 0.144. The molecule has 4 nitrogen and oxygen atoms in total. The number of likely N-dealkylation sites (tertiary alicyclic amines) is 2. The number of carbonyl (C=O) groups is 1. The molecular weight excluding hydrogens is 192 g/mol. The van der Waals surface area contributed by atoms with Crippen molar-refractivity contribution in [2.24, 2.45) is 0 Å². The first-order chi connectivity index (χ1) is 7.24. The molecule has 2 heterocycles. The van der Waals surface area contributed by atoms with E-state index >= 15 is 0 Å². The summed E-state index contributed by atoms with van der Waals surface area (Å²) in [7, 11) is 0. The number of β-amino-alcohol motifs (C(OH)–C–C–N with tert-alkyl or cyclic N) is 1. The molecule has 0 aromatic carbocycles. The Hall–Kier alpha value is -0.610. The quantitative estimate of drug-likeness (QED) is 0.687. The minimum atomic E-state index is -0.424. The maximum absolute atomic E-state index is 11.6. The van der Waals surface area contributed by atoms with Gasteiger partial charge in [-0.3, -0.25) is 9.69 Å². The molecule has 2 saturated heterocycles. The van der Waals surface area contributed by atoms with E-state index in [4.69, 9.17) is 0 Å². The van der Waals surface area contributed by atoms with Crippen molar-refractivity contribution in [3.05, 3.63) is 0 Å². The van der Waals surface area contributed by atoms with Crippen LogP contribution < -0.4 is 0 Å². The zero-order valence-electron chi connectivity index (χ0n) is 8.93. The summed E-state index contributed by atoms with van der Waals surface area (Å²) in [5, 5.41) is 9.44. The number of aliphatic hydroxyl groups is 1. The van der Waals surface area contributed by atoms with E-state index in [0.717, 1.165) is 25.6 Å². The summed E-state index contributed by atoms with van der Waals surface area (Å²) in [6.07, 6.45) is 3.68. The van der Waals surface area contributed by atoms with E-state index in [0.29, 0.717) is 19.0 Å². The van der Waals surface area contributed by atoms with E-state index in [1.807, 2.05) is 4.90 Å². The second-order valence-electron chi connectivity index (χ2n) is 5.07. The molecular formula is C11H18N2O2. The van der Waals surface area contributed by atoms with Crippen LogP contribution in [-0.2, 0) is 4.79 Å². The molecule has 0 aromatic heterocycles. The van der Waals surface area contributed by atoms with E-state index in [-0.39, 0.29) is 5.91 Å². The summed E-state index contributed by atoms with van der Waals surface area (Å²) in [5.41, 5.74) is 0. The minimum Gasteiger partial charge on any atom is -0.391 e. The van der Waals surface area contributed by atoms with Crippen LogP contribution >= 0.6 is 0 Å². The molecule has 0 aromatic rings. The lowest BCUT2D eigenvalue weighted by Crippen LogP contribution is -2.39. The van der Waals surface area contributed by atoms with Crippen molar-refractivity contribution in [1.29, 1.82) is 0 Å². The van der Waals surface area contributed by atoms with Crippen molar-refractivity contribution >= 4 is 5.91 Å². The number of carbonyl (C=O) groups excluding carboxylic acids is 1. The van der Waals surface area contributed by atoms with E-state index in [9.17, 15) is 9.90 Å². The summed E-state index contributed by atoms with van der Waals surface area (Å²) in [5.74, 6) is 0.144. The third kappa shape index (κ3) is 1.76. The van der Waals surface area contributed by atoms with Crippen LogP contribution in [0, 0.1) is 0 Å². The average molecular weight is 210 g/mol. The van der Waals surface area contributed by atoms with E-state index < -0.39 is 6.10 Å². The molecule has 2 unspecified atom stereocenters. The molecule has 4 heteroatoms. The van der Waals surface area contributed by atoms with Gasteiger partial charge >= 0.3 is 0 Å². The molecule has 84 valence electrons. The number of amides is 1. The lowest BCUT2D eigenvalue weighted by atomic mass is 10.2. The van der Waals surface area contributed by atoms with Gasteiger partial charge in [-0.05, 0) is 19.3 Å². The SMILES string of the molecule is O=C1CC(O)CN1C1CCN(C2CC2)C1. The van der Waals surface area contributed by atoms with Gasteiger partial charge in [0.15, 0.2) is 0 Å². The maximum atomic E-state index is 11.6. The third-order valence-electron chi connectivity index (χ3n) is 3.84. The summed E-state index contributed by atoms with van der Waals surface area (Å²) < 4.78 is 0. The first kappa shape index (κ1) is 9.60. The predicted octanol–water partition coefficient (Wildman–Crippen LogP) is -0.184. The molecule has 0 bridgehead atoms. The molecule has 3 fully saturated rings. The van der Waals surface area contributed by atoms with Gasteiger partial charge in [-0.15, -0.1) is 0 Å². The number of aliphatic hydroxyl groups excluding tert-OH is 1. The Morgan fingerprint density at radius 1 is 1.13 bits per heavy atom. The number of hydrogen-bond acceptors (Lipinski definition) is 3. The Morgan fingerprint density at radius 2 is 1.93 bits per heavy atom. The fourth-order valence-electron chi connectivity index (χ4n) is 2.86. The van der Waals surface area contributed by atoms with Gasteiger partial charge in [-0.1, -0.05) is 0 Å². The maximum Gasteiger partial charge on any atom is 0.225 e. The van der Waals surface area contributed by atoms with Gasteiger partial charge in [0.1, 0.15) is 0 Å². The van der Waals surface area contributed by atoms with Crippen LogP contribution in [0.5, 0.6) is 0 Å². The van der Waals surface area contributed by atoms with E-state index in [1.54, 1.807) is 0 Å². The van der Waals surface area contributed by atoms with Gasteiger partial charge < -0.3 is 10.0 Å². The van der Waals surface area contributed by atoms with Crippen molar-refractivity contribution in [2.45, 2.75) is 43.9 Å². The van der Waals surface area contributed by atoms with Gasteiger partial charge in [-0.2, -0.15) is 0 Å². The van der Waals surface area contributed by atoms with Crippen LogP contribution in [0.3, 0.4) is 0 Å². The Kier molecular flexibility index (Phi) is 2.21. The van der Waals surface area contributed by atoms with Gasteiger partial charge in [0.05, 0.1) is 12.5 Å². The normalized spacial score (nSPS) is 37.9. The van der Waals surface area contributed by atoms with Crippen LogP contribution in [-0.4, -0.2) is 58.6 Å². The fourth-order valence-corrected chi connectivity index (χ4v) is 2.86. The Bertz CT molecular complexity index is 278. The molecule has 1 aliphatic carbocycles. The molecule has 3 rings (SSSR count). The average Bonchev–Trinajstić information content (AvgIpc) is 2.83. The van der Waals surface area contributed by atoms with Gasteiger partial charge in [0.25, 0.3) is 0 Å². The van der Waals surface area contributed by atoms with Crippen LogP contribution in [0.4, 0.5) is 0 Å². The number of rotatable bonds is 2. The highest BCUT2D eigenvalue weighted by Gasteiger charge is 2.40. The third-order valence-corrected chi connectivity index (χ3v) is 3.84. The smallest absolute Gasteiger partial charge is 0.225 e. The lowest BCUT2D eigenvalue weighted by molar-refractivity contribution is -0.129. The molecule has 0 radical (unpaired) electrons. The Balaban J connectivity index is 1.61. The monoisotopic (exact) mass is 210 g/mol. The van der Waals surface area contributed by atoms with Gasteiger partial charge in [-0.25, -0.2) is 0 Å². The standard InChI is InChI=1S/C11H18N2O2/c14-10-5-11(15)13(7-10)9-3-4-12(6-9)8-1-2-8/h8-10,14H,1-7H2. The topological polar surface area (TPSA) is 43.8 Å². The summed E-state index contributed by atoms with van der Waals surface area (Å²) in [6, 6.07) is 1.17. The Morgan fingerprint density at radius 3 is 2.53 bits per heavy atom. The van der Waals surface area contributed by atoms with Crippen LogP contribution in [0.25, 0.3) is 0 Å². The molecule has 0 spiro atoms. The lowest BCUT2D eigenvalue weighted by Gasteiger charge is -2.24. The van der Waals surface area contributed by atoms with Crippen LogP contribution in [0.2, 0.25) is 0 Å². The molecule has 1 amide bonds. The van der Waals surface area contributed by atoms with Crippen molar-refractivity contribution < 1.29 is 9.90 Å². The second kappa shape index (κ2) is 3.46. The van der Waals surface area contributed by atoms with Crippen LogP contribution in [0.15, 0.2) is 0 Å². The highest BCUT2D eigenvalue weighted by molar-refractivity contribution is 5.79. The van der Waals surface area contributed by atoms with Crippen molar-refractivity contribution in [3.63, 3.8) is 0 Å². The number of nitrogens with zero attached hydrogens (tertiary/aromatic N) is 2. The first-order valence-corrected chi connectivity index (χ1v) is 5.95. The second-order valence-corrected chi connectivity index (χ2v) is 5.07. The highest BCUT2D eigenvalue weighted by Crippen LogP contribution is 2.32. The predicted molar refractivity (Wildman–Crippen MR) is 55.3 cm³/mol. The van der Waals surface area contributed by atoms with Crippen molar-refractivity contribution in [3.8, 4) is 0 Å².